The molecule has 0 aliphatic heterocycles. The molecule has 0 saturated heterocycles. The van der Waals surface area contributed by atoms with Crippen molar-refractivity contribution in [1.29, 1.82) is 0 Å². The summed E-state index contributed by atoms with van der Waals surface area (Å²) in [4.78, 5) is 0. The van der Waals surface area contributed by atoms with Crippen molar-refractivity contribution in [3.8, 4) is 0 Å². The van der Waals surface area contributed by atoms with Gasteiger partial charge in [-0.05, 0) is 19.9 Å². The SMILES string of the molecule is CCn1ccc(CNc2cc(C)n(C)n2)n1. The van der Waals surface area contributed by atoms with Gasteiger partial charge < -0.3 is 5.32 Å². The highest BCUT2D eigenvalue weighted by Gasteiger charge is 2.02. The molecule has 0 aromatic carbocycles. The molecule has 0 aliphatic rings. The van der Waals surface area contributed by atoms with Crippen LogP contribution in [0.25, 0.3) is 0 Å². The maximum atomic E-state index is 4.39. The molecule has 0 saturated carbocycles. The second-order valence-electron chi connectivity index (χ2n) is 3.81. The Morgan fingerprint density at radius 1 is 1.38 bits per heavy atom. The zero-order valence-corrected chi connectivity index (χ0v) is 9.94. The number of hydrogen-bond acceptors (Lipinski definition) is 3. The standard InChI is InChI=1S/C11H17N5/c1-4-16-6-5-10(13-16)8-12-11-7-9(2)15(3)14-11/h5-7H,4,8H2,1-3H3,(H,12,14). The van der Waals surface area contributed by atoms with Crippen LogP contribution in [-0.4, -0.2) is 19.6 Å². The first-order valence-corrected chi connectivity index (χ1v) is 5.46. The van der Waals surface area contributed by atoms with E-state index in [9.17, 15) is 0 Å². The van der Waals surface area contributed by atoms with E-state index in [1.54, 1.807) is 0 Å². The van der Waals surface area contributed by atoms with Crippen molar-refractivity contribution >= 4 is 5.82 Å². The van der Waals surface area contributed by atoms with Crippen LogP contribution < -0.4 is 5.32 Å². The third-order valence-electron chi connectivity index (χ3n) is 2.58. The summed E-state index contributed by atoms with van der Waals surface area (Å²) in [7, 11) is 1.94. The predicted octanol–water partition coefficient (Wildman–Crippen LogP) is 1.56. The molecule has 2 rings (SSSR count). The van der Waals surface area contributed by atoms with Crippen molar-refractivity contribution in [3.05, 3.63) is 29.7 Å². The summed E-state index contributed by atoms with van der Waals surface area (Å²) in [6, 6.07) is 4.04. The van der Waals surface area contributed by atoms with E-state index in [1.807, 2.05) is 41.7 Å². The van der Waals surface area contributed by atoms with Crippen LogP contribution in [0, 0.1) is 6.92 Å². The zero-order valence-electron chi connectivity index (χ0n) is 9.94. The van der Waals surface area contributed by atoms with E-state index in [2.05, 4.69) is 22.4 Å². The van der Waals surface area contributed by atoms with Gasteiger partial charge in [-0.25, -0.2) is 0 Å². The first-order chi connectivity index (χ1) is 7.69. The Bertz CT molecular complexity index is 449. The Labute approximate surface area is 95.1 Å². The molecule has 0 unspecified atom stereocenters. The topological polar surface area (TPSA) is 47.7 Å². The van der Waals surface area contributed by atoms with Crippen molar-refractivity contribution < 1.29 is 0 Å². The predicted molar refractivity (Wildman–Crippen MR) is 63.2 cm³/mol. The van der Waals surface area contributed by atoms with Gasteiger partial charge in [0.2, 0.25) is 0 Å². The summed E-state index contributed by atoms with van der Waals surface area (Å²) in [5.74, 6) is 0.894. The summed E-state index contributed by atoms with van der Waals surface area (Å²) >= 11 is 0. The van der Waals surface area contributed by atoms with Crippen molar-refractivity contribution in [3.63, 3.8) is 0 Å². The second kappa shape index (κ2) is 4.38. The van der Waals surface area contributed by atoms with Crippen LogP contribution in [-0.2, 0) is 20.1 Å². The van der Waals surface area contributed by atoms with Crippen molar-refractivity contribution in [2.24, 2.45) is 7.05 Å². The van der Waals surface area contributed by atoms with E-state index in [-0.39, 0.29) is 0 Å². The smallest absolute Gasteiger partial charge is 0.148 e. The second-order valence-corrected chi connectivity index (χ2v) is 3.81. The van der Waals surface area contributed by atoms with E-state index in [0.29, 0.717) is 6.54 Å². The summed E-state index contributed by atoms with van der Waals surface area (Å²) < 4.78 is 3.77. The Hall–Kier alpha value is -1.78. The molecule has 0 aliphatic carbocycles. The molecule has 16 heavy (non-hydrogen) atoms. The van der Waals surface area contributed by atoms with Gasteiger partial charge in [0, 0.05) is 31.5 Å². The molecule has 2 aromatic heterocycles. The molecule has 2 aromatic rings. The molecule has 0 bridgehead atoms. The fraction of sp³-hybridized carbons (Fsp3) is 0.455. The van der Waals surface area contributed by atoms with Crippen LogP contribution >= 0.6 is 0 Å². The number of nitrogens with zero attached hydrogens (tertiary/aromatic N) is 4. The summed E-state index contributed by atoms with van der Waals surface area (Å²) in [5.41, 5.74) is 2.17. The molecule has 1 N–H and O–H groups in total. The monoisotopic (exact) mass is 219 g/mol. The quantitative estimate of drug-likeness (QED) is 0.848. The van der Waals surface area contributed by atoms with E-state index in [1.165, 1.54) is 0 Å². The van der Waals surface area contributed by atoms with Crippen LogP contribution in [0.4, 0.5) is 5.82 Å². The van der Waals surface area contributed by atoms with Crippen molar-refractivity contribution in [1.82, 2.24) is 19.6 Å². The van der Waals surface area contributed by atoms with Crippen LogP contribution in [0.1, 0.15) is 18.3 Å². The van der Waals surface area contributed by atoms with Crippen molar-refractivity contribution in [2.45, 2.75) is 26.9 Å². The van der Waals surface area contributed by atoms with Gasteiger partial charge in [-0.15, -0.1) is 0 Å². The Balaban J connectivity index is 1.96. The molecule has 5 heteroatoms. The molecule has 0 spiro atoms. The maximum absolute atomic E-state index is 4.39. The minimum atomic E-state index is 0.712. The normalized spacial score (nSPS) is 10.7. The maximum Gasteiger partial charge on any atom is 0.148 e. The lowest BCUT2D eigenvalue weighted by Gasteiger charge is -1.99. The van der Waals surface area contributed by atoms with E-state index >= 15 is 0 Å². The average molecular weight is 219 g/mol. The molecule has 0 amide bonds. The van der Waals surface area contributed by atoms with E-state index < -0.39 is 0 Å². The molecule has 2 heterocycles. The van der Waals surface area contributed by atoms with Gasteiger partial charge in [0.1, 0.15) is 5.82 Å². The minimum Gasteiger partial charge on any atom is -0.363 e. The third-order valence-corrected chi connectivity index (χ3v) is 2.58. The molecule has 0 atom stereocenters. The van der Waals surface area contributed by atoms with Crippen LogP contribution in [0.5, 0.6) is 0 Å². The highest BCUT2D eigenvalue weighted by molar-refractivity contribution is 5.35. The largest absolute Gasteiger partial charge is 0.363 e. The number of hydrogen-bond donors (Lipinski definition) is 1. The van der Waals surface area contributed by atoms with Gasteiger partial charge in [0.25, 0.3) is 0 Å². The fourth-order valence-electron chi connectivity index (χ4n) is 1.50. The van der Waals surface area contributed by atoms with Gasteiger partial charge in [0.05, 0.1) is 12.2 Å². The van der Waals surface area contributed by atoms with Crippen LogP contribution in [0.15, 0.2) is 18.3 Å². The minimum absolute atomic E-state index is 0.712. The first kappa shape index (κ1) is 10.7. The molecule has 0 fully saturated rings. The molecule has 0 radical (unpaired) electrons. The third kappa shape index (κ3) is 2.24. The summed E-state index contributed by atoms with van der Waals surface area (Å²) in [5, 5.41) is 12.0. The first-order valence-electron chi connectivity index (χ1n) is 5.46. The Morgan fingerprint density at radius 3 is 2.75 bits per heavy atom. The van der Waals surface area contributed by atoms with Gasteiger partial charge in [0.15, 0.2) is 0 Å². The lowest BCUT2D eigenvalue weighted by atomic mass is 10.4. The molecular weight excluding hydrogens is 202 g/mol. The molecular formula is C11H17N5. The summed E-state index contributed by atoms with van der Waals surface area (Å²) in [6.07, 6.45) is 1.99. The van der Waals surface area contributed by atoms with Crippen LogP contribution in [0.3, 0.4) is 0 Å². The Kier molecular flexibility index (Phi) is 2.94. The fourth-order valence-corrected chi connectivity index (χ4v) is 1.50. The lowest BCUT2D eigenvalue weighted by molar-refractivity contribution is 0.648. The highest BCUT2D eigenvalue weighted by atomic mass is 15.3. The van der Waals surface area contributed by atoms with Gasteiger partial charge in [-0.3, -0.25) is 9.36 Å². The Morgan fingerprint density at radius 2 is 2.19 bits per heavy atom. The number of anilines is 1. The van der Waals surface area contributed by atoms with Gasteiger partial charge in [-0.1, -0.05) is 0 Å². The average Bonchev–Trinajstić information content (AvgIpc) is 2.84. The lowest BCUT2D eigenvalue weighted by Crippen LogP contribution is -2.03. The zero-order chi connectivity index (χ0) is 11.5. The highest BCUT2D eigenvalue weighted by Crippen LogP contribution is 2.08. The number of nitrogens with one attached hydrogen (secondary N) is 1. The van der Waals surface area contributed by atoms with Crippen LogP contribution in [0.2, 0.25) is 0 Å². The van der Waals surface area contributed by atoms with Gasteiger partial charge >= 0.3 is 0 Å². The van der Waals surface area contributed by atoms with E-state index in [4.69, 9.17) is 0 Å². The molecule has 5 nitrogen and oxygen atoms in total. The molecule has 86 valence electrons. The number of aryl methyl sites for hydroxylation is 3. The number of aromatic nitrogens is 4. The number of rotatable bonds is 4. The van der Waals surface area contributed by atoms with Crippen molar-refractivity contribution in [2.75, 3.05) is 5.32 Å². The van der Waals surface area contributed by atoms with Gasteiger partial charge in [-0.2, -0.15) is 10.2 Å². The van der Waals surface area contributed by atoms with E-state index in [0.717, 1.165) is 23.8 Å². The summed E-state index contributed by atoms with van der Waals surface area (Å²) in [6.45, 7) is 5.72.